The molecule has 0 radical (unpaired) electrons. The van der Waals surface area contributed by atoms with E-state index in [4.69, 9.17) is 0 Å². The van der Waals surface area contributed by atoms with Crippen LogP contribution in [0.4, 0.5) is 5.82 Å². The van der Waals surface area contributed by atoms with Crippen molar-refractivity contribution in [3.63, 3.8) is 0 Å². The molecule has 5 heteroatoms. The van der Waals surface area contributed by atoms with Gasteiger partial charge in [-0.1, -0.05) is 19.8 Å². The van der Waals surface area contributed by atoms with Crippen LogP contribution < -0.4 is 5.32 Å². The molecule has 2 aromatic rings. The molecule has 0 unspecified atom stereocenters. The van der Waals surface area contributed by atoms with E-state index in [1.54, 1.807) is 11.3 Å². The third kappa shape index (κ3) is 3.36. The number of aromatic nitrogens is 2. The van der Waals surface area contributed by atoms with Gasteiger partial charge in [-0.05, 0) is 23.6 Å². The van der Waals surface area contributed by atoms with Gasteiger partial charge in [0, 0.05) is 7.05 Å². The maximum atomic E-state index is 4.61. The van der Waals surface area contributed by atoms with E-state index in [1.807, 2.05) is 18.8 Å². The van der Waals surface area contributed by atoms with E-state index in [1.165, 1.54) is 25.0 Å². The fourth-order valence-corrected chi connectivity index (χ4v) is 3.42. The average molecular weight is 281 g/mol. The zero-order valence-electron chi connectivity index (χ0n) is 10.9. The Morgan fingerprint density at radius 1 is 1.33 bits per heavy atom. The highest BCUT2D eigenvalue weighted by molar-refractivity contribution is 7.98. The summed E-state index contributed by atoms with van der Waals surface area (Å²) in [6.07, 6.45) is 3.89. The maximum absolute atomic E-state index is 4.61. The number of hydrogen-bond donors (Lipinski definition) is 1. The van der Waals surface area contributed by atoms with Crippen LogP contribution in [0.25, 0.3) is 10.2 Å². The zero-order valence-corrected chi connectivity index (χ0v) is 12.5. The van der Waals surface area contributed by atoms with Crippen LogP contribution in [0.3, 0.4) is 0 Å². The predicted octanol–water partition coefficient (Wildman–Crippen LogP) is 4.16. The first-order valence-corrected chi connectivity index (χ1v) is 8.38. The Labute approximate surface area is 116 Å². The molecule has 0 aliphatic heterocycles. The Morgan fingerprint density at radius 2 is 2.22 bits per heavy atom. The van der Waals surface area contributed by atoms with Crippen molar-refractivity contribution < 1.29 is 0 Å². The monoisotopic (exact) mass is 281 g/mol. The first-order valence-electron chi connectivity index (χ1n) is 6.34. The molecular formula is C13H19N3S2. The summed E-state index contributed by atoms with van der Waals surface area (Å²) in [6.45, 7) is 2.23. The fraction of sp³-hybridized carbons (Fsp3) is 0.538. The minimum Gasteiger partial charge on any atom is -0.372 e. The summed E-state index contributed by atoms with van der Waals surface area (Å²) in [7, 11) is 1.91. The van der Waals surface area contributed by atoms with Gasteiger partial charge in [0.2, 0.25) is 0 Å². The highest BCUT2D eigenvalue weighted by atomic mass is 32.2. The maximum Gasteiger partial charge on any atom is 0.142 e. The second-order valence-corrected chi connectivity index (χ2v) is 6.14. The van der Waals surface area contributed by atoms with Gasteiger partial charge >= 0.3 is 0 Å². The van der Waals surface area contributed by atoms with Crippen molar-refractivity contribution in [1.29, 1.82) is 0 Å². The van der Waals surface area contributed by atoms with Crippen molar-refractivity contribution in [2.45, 2.75) is 31.9 Å². The fourth-order valence-electron chi connectivity index (χ4n) is 1.77. The van der Waals surface area contributed by atoms with Crippen molar-refractivity contribution >= 4 is 39.1 Å². The van der Waals surface area contributed by atoms with Gasteiger partial charge in [-0.2, -0.15) is 11.8 Å². The number of anilines is 1. The Morgan fingerprint density at radius 3 is 3.00 bits per heavy atom. The quantitative estimate of drug-likeness (QED) is 0.773. The van der Waals surface area contributed by atoms with Gasteiger partial charge in [0.15, 0.2) is 0 Å². The molecule has 0 spiro atoms. The molecule has 0 aliphatic carbocycles. The average Bonchev–Trinajstić information content (AvgIpc) is 2.85. The Kier molecular flexibility index (Phi) is 5.26. The molecule has 98 valence electrons. The lowest BCUT2D eigenvalue weighted by atomic mass is 10.3. The van der Waals surface area contributed by atoms with Crippen LogP contribution >= 0.6 is 23.1 Å². The van der Waals surface area contributed by atoms with Gasteiger partial charge in [-0.3, -0.25) is 0 Å². The van der Waals surface area contributed by atoms with Crippen molar-refractivity contribution in [3.8, 4) is 0 Å². The third-order valence-electron chi connectivity index (χ3n) is 2.73. The van der Waals surface area contributed by atoms with E-state index in [0.717, 1.165) is 27.6 Å². The number of thioether (sulfide) groups is 1. The van der Waals surface area contributed by atoms with Crippen molar-refractivity contribution in [2.75, 3.05) is 18.1 Å². The van der Waals surface area contributed by atoms with Crippen molar-refractivity contribution in [1.82, 2.24) is 9.97 Å². The third-order valence-corrected chi connectivity index (χ3v) is 4.58. The molecule has 2 aromatic heterocycles. The minimum absolute atomic E-state index is 0.909. The van der Waals surface area contributed by atoms with Gasteiger partial charge in [0.05, 0.1) is 11.1 Å². The van der Waals surface area contributed by atoms with E-state index in [-0.39, 0.29) is 0 Å². The number of fused-ring (bicyclic) bond motifs is 1. The highest BCUT2D eigenvalue weighted by Crippen LogP contribution is 2.25. The van der Waals surface area contributed by atoms with Crippen LogP contribution in [0.2, 0.25) is 0 Å². The first kappa shape index (κ1) is 13.6. The topological polar surface area (TPSA) is 37.8 Å². The molecule has 0 atom stereocenters. The number of rotatable bonds is 7. The van der Waals surface area contributed by atoms with Gasteiger partial charge in [0.1, 0.15) is 16.5 Å². The van der Waals surface area contributed by atoms with E-state index >= 15 is 0 Å². The van der Waals surface area contributed by atoms with Gasteiger partial charge in [0.25, 0.3) is 0 Å². The molecular weight excluding hydrogens is 262 g/mol. The van der Waals surface area contributed by atoms with E-state index in [9.17, 15) is 0 Å². The molecule has 3 nitrogen and oxygen atoms in total. The lowest BCUT2D eigenvalue weighted by Crippen LogP contribution is -1.99. The molecule has 18 heavy (non-hydrogen) atoms. The Balaban J connectivity index is 2.00. The Hall–Kier alpha value is -0.810. The summed E-state index contributed by atoms with van der Waals surface area (Å²) in [5.41, 5.74) is 0. The first-order chi connectivity index (χ1) is 8.85. The largest absolute Gasteiger partial charge is 0.372 e. The Bertz CT molecular complexity index is 496. The van der Waals surface area contributed by atoms with E-state index in [0.29, 0.717) is 0 Å². The van der Waals surface area contributed by atoms with Gasteiger partial charge in [-0.25, -0.2) is 9.97 Å². The smallest absolute Gasteiger partial charge is 0.142 e. The number of unbranched alkanes of at least 4 members (excludes halogenated alkanes) is 2. The second-order valence-electron chi connectivity index (χ2n) is 4.14. The van der Waals surface area contributed by atoms with Crippen molar-refractivity contribution in [2.24, 2.45) is 0 Å². The molecule has 0 fully saturated rings. The predicted molar refractivity (Wildman–Crippen MR) is 82.6 cm³/mol. The standard InChI is InChI=1S/C13H19N3S2/c1-3-4-5-7-17-9-11-15-12(14-2)10-6-8-18-13(10)16-11/h6,8H,3-5,7,9H2,1-2H3,(H,14,15,16). The zero-order chi connectivity index (χ0) is 12.8. The molecule has 0 saturated heterocycles. The summed E-state index contributed by atoms with van der Waals surface area (Å²) in [5, 5.41) is 6.35. The molecule has 0 aliphatic rings. The van der Waals surface area contributed by atoms with Crippen LogP contribution in [0, 0.1) is 0 Å². The van der Waals surface area contributed by atoms with E-state index in [2.05, 4.69) is 33.7 Å². The lowest BCUT2D eigenvalue weighted by Gasteiger charge is -2.05. The van der Waals surface area contributed by atoms with Crippen LogP contribution in [-0.2, 0) is 5.75 Å². The summed E-state index contributed by atoms with van der Waals surface area (Å²) in [4.78, 5) is 10.3. The van der Waals surface area contributed by atoms with Crippen LogP contribution in [-0.4, -0.2) is 22.8 Å². The highest BCUT2D eigenvalue weighted by Gasteiger charge is 2.07. The van der Waals surface area contributed by atoms with Crippen LogP contribution in [0.15, 0.2) is 11.4 Å². The number of thiophene rings is 1. The van der Waals surface area contributed by atoms with Gasteiger partial charge < -0.3 is 5.32 Å². The number of nitrogens with zero attached hydrogens (tertiary/aromatic N) is 2. The van der Waals surface area contributed by atoms with Crippen molar-refractivity contribution in [3.05, 3.63) is 17.3 Å². The molecule has 0 aromatic carbocycles. The van der Waals surface area contributed by atoms with Crippen LogP contribution in [0.5, 0.6) is 0 Å². The van der Waals surface area contributed by atoms with Crippen LogP contribution in [0.1, 0.15) is 32.0 Å². The normalized spacial score (nSPS) is 11.0. The van der Waals surface area contributed by atoms with E-state index < -0.39 is 0 Å². The molecule has 0 amide bonds. The lowest BCUT2D eigenvalue weighted by molar-refractivity contribution is 0.778. The summed E-state index contributed by atoms with van der Waals surface area (Å²) >= 11 is 3.61. The molecule has 0 bridgehead atoms. The summed E-state index contributed by atoms with van der Waals surface area (Å²) < 4.78 is 0. The molecule has 0 saturated carbocycles. The molecule has 2 heterocycles. The SMILES string of the molecule is CCCCCSCc1nc(NC)c2ccsc2n1. The molecule has 1 N–H and O–H groups in total. The van der Waals surface area contributed by atoms with Gasteiger partial charge in [-0.15, -0.1) is 11.3 Å². The molecule has 2 rings (SSSR count). The minimum atomic E-state index is 0.909. The number of hydrogen-bond acceptors (Lipinski definition) is 5. The summed E-state index contributed by atoms with van der Waals surface area (Å²) in [6, 6.07) is 2.07. The summed E-state index contributed by atoms with van der Waals surface area (Å²) in [5.74, 6) is 4.00. The number of nitrogens with one attached hydrogen (secondary N) is 1. The second kappa shape index (κ2) is 6.95.